The molecule has 1 saturated heterocycles. The van der Waals surface area contributed by atoms with Gasteiger partial charge >= 0.3 is 6.09 Å². The van der Waals surface area contributed by atoms with E-state index in [4.69, 9.17) is 4.74 Å². The van der Waals surface area contributed by atoms with Gasteiger partial charge in [0.25, 0.3) is 0 Å². The van der Waals surface area contributed by atoms with Crippen molar-refractivity contribution in [1.82, 2.24) is 10.6 Å². The van der Waals surface area contributed by atoms with Gasteiger partial charge in [0.05, 0.1) is 6.10 Å². The summed E-state index contributed by atoms with van der Waals surface area (Å²) in [6, 6.07) is 17.0. The molecule has 4 N–H and O–H groups in total. The molecule has 1 heterocycles. The van der Waals surface area contributed by atoms with Crippen molar-refractivity contribution in [2.45, 2.75) is 25.2 Å². The third-order valence-corrected chi connectivity index (χ3v) is 5.00. The molecule has 0 aliphatic carbocycles. The van der Waals surface area contributed by atoms with E-state index in [1.807, 2.05) is 54.6 Å². The van der Waals surface area contributed by atoms with Gasteiger partial charge in [-0.1, -0.05) is 42.5 Å². The predicted octanol–water partition coefficient (Wildman–Crippen LogP) is 1.81. The van der Waals surface area contributed by atoms with E-state index >= 15 is 0 Å². The number of amides is 1. The maximum atomic E-state index is 11.7. The number of aliphatic hydroxyl groups excluding tert-OH is 2. The third kappa shape index (κ3) is 6.45. The van der Waals surface area contributed by atoms with Gasteiger partial charge in [0, 0.05) is 38.4 Å². The summed E-state index contributed by atoms with van der Waals surface area (Å²) < 4.78 is 5.12. The number of hydrogen-bond donors (Lipinski definition) is 4. The number of aliphatic hydroxyl groups is 2. The molecule has 1 aliphatic heterocycles. The molecule has 2 aromatic carbocycles. The SMILES string of the molecule is O=C(NCCC(O)C(O)c1ccc(N2CCNCC2)cc1)OCc1ccccc1. The van der Waals surface area contributed by atoms with Crippen LogP contribution in [0.25, 0.3) is 0 Å². The molecule has 7 nitrogen and oxygen atoms in total. The molecule has 2 atom stereocenters. The lowest BCUT2D eigenvalue weighted by atomic mass is 10.0. The van der Waals surface area contributed by atoms with E-state index in [-0.39, 0.29) is 19.6 Å². The molecule has 0 radical (unpaired) electrons. The molecule has 3 rings (SSSR count). The lowest BCUT2D eigenvalue weighted by Gasteiger charge is -2.29. The first-order valence-electron chi connectivity index (χ1n) is 10.00. The number of piperazine rings is 1. The van der Waals surface area contributed by atoms with Gasteiger partial charge < -0.3 is 30.5 Å². The second-order valence-corrected chi connectivity index (χ2v) is 7.12. The Bertz CT molecular complexity index is 748. The standard InChI is InChI=1S/C22H29N3O4/c26-20(10-11-24-22(28)29-16-17-4-2-1-3-5-17)21(27)18-6-8-19(9-7-18)25-14-12-23-13-15-25/h1-9,20-21,23,26-27H,10-16H2,(H,24,28). The Morgan fingerprint density at radius 3 is 2.45 bits per heavy atom. The van der Waals surface area contributed by atoms with Crippen LogP contribution in [0.1, 0.15) is 23.7 Å². The highest BCUT2D eigenvalue weighted by Gasteiger charge is 2.19. The van der Waals surface area contributed by atoms with Crippen molar-refractivity contribution in [3.63, 3.8) is 0 Å². The molecule has 2 unspecified atom stereocenters. The molecule has 7 heteroatoms. The van der Waals surface area contributed by atoms with Gasteiger partial charge in [0.1, 0.15) is 12.7 Å². The van der Waals surface area contributed by atoms with Crippen molar-refractivity contribution in [1.29, 1.82) is 0 Å². The van der Waals surface area contributed by atoms with Crippen LogP contribution in [-0.4, -0.2) is 55.1 Å². The number of anilines is 1. The van der Waals surface area contributed by atoms with Gasteiger partial charge in [0.15, 0.2) is 0 Å². The van der Waals surface area contributed by atoms with E-state index in [9.17, 15) is 15.0 Å². The van der Waals surface area contributed by atoms with E-state index in [0.717, 1.165) is 37.4 Å². The maximum absolute atomic E-state index is 11.7. The minimum atomic E-state index is -1.01. The third-order valence-electron chi connectivity index (χ3n) is 5.00. The number of nitrogens with zero attached hydrogens (tertiary/aromatic N) is 1. The molecule has 1 aliphatic rings. The second-order valence-electron chi connectivity index (χ2n) is 7.12. The molecule has 1 fully saturated rings. The van der Waals surface area contributed by atoms with Crippen molar-refractivity contribution in [3.05, 3.63) is 65.7 Å². The normalized spacial score (nSPS) is 16.1. The molecular formula is C22H29N3O4. The van der Waals surface area contributed by atoms with Crippen molar-refractivity contribution in [3.8, 4) is 0 Å². The maximum Gasteiger partial charge on any atom is 0.407 e. The van der Waals surface area contributed by atoms with Crippen LogP contribution in [0.5, 0.6) is 0 Å². The Kier molecular flexibility index (Phi) is 7.86. The zero-order chi connectivity index (χ0) is 20.5. The Labute approximate surface area is 171 Å². The number of carbonyl (C=O) groups is 1. The zero-order valence-electron chi connectivity index (χ0n) is 16.5. The number of nitrogens with one attached hydrogen (secondary N) is 2. The summed E-state index contributed by atoms with van der Waals surface area (Å²) in [5.74, 6) is 0. The Hall–Kier alpha value is -2.61. The lowest BCUT2D eigenvalue weighted by molar-refractivity contribution is 0.0136. The summed E-state index contributed by atoms with van der Waals surface area (Å²) in [6.45, 7) is 4.24. The van der Waals surface area contributed by atoms with E-state index in [1.165, 1.54) is 0 Å². The molecular weight excluding hydrogens is 370 g/mol. The lowest BCUT2D eigenvalue weighted by Crippen LogP contribution is -2.43. The van der Waals surface area contributed by atoms with Gasteiger partial charge in [-0.15, -0.1) is 0 Å². The number of alkyl carbamates (subject to hydrolysis) is 1. The summed E-state index contributed by atoms with van der Waals surface area (Å²) in [5, 5.41) is 26.6. The van der Waals surface area contributed by atoms with Crippen LogP contribution in [0.15, 0.2) is 54.6 Å². The molecule has 0 saturated carbocycles. The Morgan fingerprint density at radius 1 is 1.07 bits per heavy atom. The quantitative estimate of drug-likeness (QED) is 0.541. The zero-order valence-corrected chi connectivity index (χ0v) is 16.5. The highest BCUT2D eigenvalue weighted by molar-refractivity contribution is 5.67. The molecule has 156 valence electrons. The molecule has 0 aromatic heterocycles. The van der Waals surface area contributed by atoms with Crippen LogP contribution in [0.3, 0.4) is 0 Å². The van der Waals surface area contributed by atoms with Gasteiger partial charge in [-0.05, 0) is 29.7 Å². The highest BCUT2D eigenvalue weighted by atomic mass is 16.5. The largest absolute Gasteiger partial charge is 0.445 e. The Balaban J connectivity index is 1.39. The van der Waals surface area contributed by atoms with Gasteiger partial charge in [0.2, 0.25) is 0 Å². The average molecular weight is 399 g/mol. The van der Waals surface area contributed by atoms with Crippen LogP contribution in [0.2, 0.25) is 0 Å². The monoisotopic (exact) mass is 399 g/mol. The van der Waals surface area contributed by atoms with Crippen LogP contribution >= 0.6 is 0 Å². The van der Waals surface area contributed by atoms with Crippen molar-refractivity contribution in [2.75, 3.05) is 37.6 Å². The van der Waals surface area contributed by atoms with Gasteiger partial charge in [-0.3, -0.25) is 0 Å². The molecule has 0 bridgehead atoms. The van der Waals surface area contributed by atoms with Crippen LogP contribution < -0.4 is 15.5 Å². The molecule has 0 spiro atoms. The van der Waals surface area contributed by atoms with Crippen molar-refractivity contribution >= 4 is 11.8 Å². The molecule has 29 heavy (non-hydrogen) atoms. The topological polar surface area (TPSA) is 94.1 Å². The van der Waals surface area contributed by atoms with E-state index in [2.05, 4.69) is 15.5 Å². The first kappa shape index (κ1) is 21.1. The minimum Gasteiger partial charge on any atom is -0.445 e. The Morgan fingerprint density at radius 2 is 1.76 bits per heavy atom. The molecule has 1 amide bonds. The predicted molar refractivity (Wildman–Crippen MR) is 112 cm³/mol. The average Bonchev–Trinajstić information content (AvgIpc) is 2.78. The second kappa shape index (κ2) is 10.8. The van der Waals surface area contributed by atoms with Crippen LogP contribution in [0, 0.1) is 0 Å². The van der Waals surface area contributed by atoms with Crippen molar-refractivity contribution < 1.29 is 19.7 Å². The first-order valence-corrected chi connectivity index (χ1v) is 10.00. The minimum absolute atomic E-state index is 0.192. The number of hydrogen-bond acceptors (Lipinski definition) is 6. The van der Waals surface area contributed by atoms with Crippen molar-refractivity contribution in [2.24, 2.45) is 0 Å². The van der Waals surface area contributed by atoms with E-state index in [1.54, 1.807) is 0 Å². The fourth-order valence-electron chi connectivity index (χ4n) is 3.28. The summed E-state index contributed by atoms with van der Waals surface area (Å²) in [4.78, 5) is 14.0. The summed E-state index contributed by atoms with van der Waals surface area (Å²) in [7, 11) is 0. The summed E-state index contributed by atoms with van der Waals surface area (Å²) in [5.41, 5.74) is 2.67. The number of carbonyl (C=O) groups excluding carboxylic acids is 1. The first-order chi connectivity index (χ1) is 14.1. The van der Waals surface area contributed by atoms with E-state index in [0.29, 0.717) is 5.56 Å². The fourth-order valence-corrected chi connectivity index (χ4v) is 3.28. The number of rotatable bonds is 8. The van der Waals surface area contributed by atoms with Gasteiger partial charge in [-0.2, -0.15) is 0 Å². The fraction of sp³-hybridized carbons (Fsp3) is 0.409. The summed E-state index contributed by atoms with van der Waals surface area (Å²) >= 11 is 0. The molecule has 2 aromatic rings. The summed E-state index contributed by atoms with van der Waals surface area (Å²) in [6.07, 6.45) is -2.30. The highest BCUT2D eigenvalue weighted by Crippen LogP contribution is 2.23. The van der Waals surface area contributed by atoms with E-state index < -0.39 is 18.3 Å². The number of benzene rings is 2. The van der Waals surface area contributed by atoms with Crippen LogP contribution in [-0.2, 0) is 11.3 Å². The smallest absolute Gasteiger partial charge is 0.407 e. The number of ether oxygens (including phenoxy) is 1. The van der Waals surface area contributed by atoms with Crippen LogP contribution in [0.4, 0.5) is 10.5 Å². The van der Waals surface area contributed by atoms with Gasteiger partial charge in [-0.25, -0.2) is 4.79 Å².